The fourth-order valence-corrected chi connectivity index (χ4v) is 4.70. The summed E-state index contributed by atoms with van der Waals surface area (Å²) in [5.41, 5.74) is 0.758. The van der Waals surface area contributed by atoms with Crippen LogP contribution in [0.5, 0.6) is 0 Å². The highest BCUT2D eigenvalue weighted by atomic mass is 31.1. The van der Waals surface area contributed by atoms with Crippen molar-refractivity contribution in [1.82, 2.24) is 4.34 Å². The first-order chi connectivity index (χ1) is 10.3. The van der Waals surface area contributed by atoms with Gasteiger partial charge in [0.15, 0.2) is 5.78 Å². The number of nitrogens with zero attached hydrogens (tertiary/aromatic N) is 1. The zero-order chi connectivity index (χ0) is 14.7. The van der Waals surface area contributed by atoms with Crippen LogP contribution >= 0.6 is 8.07 Å². The SMILES string of the molecule is CC(=O)c1cccn1P(c1ccccc1)c1ccccc1. The zero-order valence-corrected chi connectivity index (χ0v) is 12.7. The molecule has 2 aromatic carbocycles. The summed E-state index contributed by atoms with van der Waals surface area (Å²) in [7, 11) is -0.766. The Kier molecular flexibility index (Phi) is 3.98. The summed E-state index contributed by atoms with van der Waals surface area (Å²) in [5, 5.41) is 2.47. The lowest BCUT2D eigenvalue weighted by Gasteiger charge is -2.22. The maximum atomic E-state index is 11.9. The first-order valence-corrected chi connectivity index (χ1v) is 8.15. The van der Waals surface area contributed by atoms with Crippen LogP contribution in [0.4, 0.5) is 0 Å². The third-order valence-electron chi connectivity index (χ3n) is 3.31. The van der Waals surface area contributed by atoms with Gasteiger partial charge in [0.2, 0.25) is 0 Å². The molecule has 0 unspecified atom stereocenters. The van der Waals surface area contributed by atoms with Gasteiger partial charge in [0.25, 0.3) is 0 Å². The summed E-state index contributed by atoms with van der Waals surface area (Å²) in [6.45, 7) is 1.62. The summed E-state index contributed by atoms with van der Waals surface area (Å²) in [6.07, 6.45) is 2.00. The van der Waals surface area contributed by atoms with Gasteiger partial charge in [-0.15, -0.1) is 0 Å². The number of rotatable bonds is 4. The van der Waals surface area contributed by atoms with Crippen molar-refractivity contribution >= 4 is 24.5 Å². The van der Waals surface area contributed by atoms with Crippen LogP contribution < -0.4 is 10.6 Å². The Labute approximate surface area is 125 Å². The largest absolute Gasteiger partial charge is 0.315 e. The van der Waals surface area contributed by atoms with Crippen molar-refractivity contribution in [2.45, 2.75) is 6.92 Å². The number of benzene rings is 2. The molecule has 0 saturated carbocycles. The van der Waals surface area contributed by atoms with Crippen LogP contribution in [0.25, 0.3) is 0 Å². The topological polar surface area (TPSA) is 22.0 Å². The zero-order valence-electron chi connectivity index (χ0n) is 11.8. The van der Waals surface area contributed by atoms with Crippen molar-refractivity contribution in [3.63, 3.8) is 0 Å². The van der Waals surface area contributed by atoms with Gasteiger partial charge in [-0.05, 0) is 12.1 Å². The highest BCUT2D eigenvalue weighted by Crippen LogP contribution is 2.37. The van der Waals surface area contributed by atoms with Crippen molar-refractivity contribution in [2.75, 3.05) is 0 Å². The average molecular weight is 293 g/mol. The van der Waals surface area contributed by atoms with Crippen molar-refractivity contribution in [3.8, 4) is 0 Å². The summed E-state index contributed by atoms with van der Waals surface area (Å²) in [6, 6.07) is 24.6. The highest BCUT2D eigenvalue weighted by Gasteiger charge is 2.19. The van der Waals surface area contributed by atoms with Gasteiger partial charge in [0.1, 0.15) is 0 Å². The molecule has 0 aliphatic heterocycles. The van der Waals surface area contributed by atoms with E-state index in [-0.39, 0.29) is 5.78 Å². The molecular weight excluding hydrogens is 277 g/mol. The van der Waals surface area contributed by atoms with E-state index in [1.807, 2.05) is 54.7 Å². The fraction of sp³-hybridized carbons (Fsp3) is 0.0556. The second-order valence-corrected chi connectivity index (χ2v) is 6.86. The second-order valence-electron chi connectivity index (χ2n) is 4.78. The normalized spacial score (nSPS) is 10.8. The Morgan fingerprint density at radius 1 is 0.810 bits per heavy atom. The van der Waals surface area contributed by atoms with Crippen molar-refractivity contribution in [2.24, 2.45) is 0 Å². The Bertz CT molecular complexity index is 695. The van der Waals surface area contributed by atoms with Gasteiger partial charge in [-0.25, -0.2) is 0 Å². The van der Waals surface area contributed by atoms with E-state index in [1.165, 1.54) is 10.6 Å². The fourth-order valence-electron chi connectivity index (χ4n) is 2.36. The number of hydrogen-bond acceptors (Lipinski definition) is 1. The van der Waals surface area contributed by atoms with E-state index >= 15 is 0 Å². The van der Waals surface area contributed by atoms with Gasteiger partial charge in [-0.3, -0.25) is 4.79 Å². The van der Waals surface area contributed by atoms with Crippen LogP contribution in [0.1, 0.15) is 17.4 Å². The van der Waals surface area contributed by atoms with Gasteiger partial charge >= 0.3 is 0 Å². The van der Waals surface area contributed by atoms with Crippen LogP contribution in [0.15, 0.2) is 79.0 Å². The van der Waals surface area contributed by atoms with E-state index in [9.17, 15) is 4.79 Å². The minimum atomic E-state index is -0.766. The predicted octanol–water partition coefficient (Wildman–Crippen LogP) is 3.59. The maximum Gasteiger partial charge on any atom is 0.176 e. The summed E-state index contributed by atoms with van der Waals surface area (Å²) < 4.78 is 2.11. The molecule has 21 heavy (non-hydrogen) atoms. The van der Waals surface area contributed by atoms with Crippen LogP contribution in [-0.4, -0.2) is 10.1 Å². The number of aromatic nitrogens is 1. The number of Topliss-reactive ketones (excluding diaryl/α,β-unsaturated/α-hetero) is 1. The van der Waals surface area contributed by atoms with Crippen molar-refractivity contribution in [1.29, 1.82) is 0 Å². The minimum Gasteiger partial charge on any atom is -0.315 e. The van der Waals surface area contributed by atoms with Gasteiger partial charge in [-0.2, -0.15) is 0 Å². The molecule has 3 aromatic rings. The molecular formula is C18H16NOP. The number of ketones is 1. The Hall–Kier alpha value is -2.18. The average Bonchev–Trinajstić information content (AvgIpc) is 2.99. The first-order valence-electron chi connectivity index (χ1n) is 6.86. The summed E-state index contributed by atoms with van der Waals surface area (Å²) in [5.74, 6) is 0.0966. The highest BCUT2D eigenvalue weighted by molar-refractivity contribution is 7.71. The van der Waals surface area contributed by atoms with E-state index in [1.54, 1.807) is 6.92 Å². The molecule has 0 spiro atoms. The molecule has 3 heteroatoms. The van der Waals surface area contributed by atoms with Gasteiger partial charge < -0.3 is 4.34 Å². The smallest absolute Gasteiger partial charge is 0.176 e. The first kappa shape index (κ1) is 13.8. The molecule has 3 rings (SSSR count). The second kappa shape index (κ2) is 6.07. The van der Waals surface area contributed by atoms with Crippen molar-refractivity contribution < 1.29 is 4.79 Å². The van der Waals surface area contributed by atoms with Gasteiger partial charge in [0, 0.05) is 23.7 Å². The number of carbonyl (C=O) groups excluding carboxylic acids is 1. The van der Waals surface area contributed by atoms with Gasteiger partial charge in [0.05, 0.1) is 13.8 Å². The van der Waals surface area contributed by atoms with E-state index in [2.05, 4.69) is 28.6 Å². The summed E-state index contributed by atoms with van der Waals surface area (Å²) in [4.78, 5) is 11.9. The number of hydrogen-bond donors (Lipinski definition) is 0. The number of carbonyl (C=O) groups is 1. The molecule has 0 bridgehead atoms. The van der Waals surface area contributed by atoms with E-state index < -0.39 is 8.07 Å². The lowest BCUT2D eigenvalue weighted by molar-refractivity contribution is 0.101. The predicted molar refractivity (Wildman–Crippen MR) is 88.9 cm³/mol. The standard InChI is InChI=1S/C18H16NOP/c1-15(20)18-13-8-14-19(18)21(16-9-4-2-5-10-16)17-11-6-3-7-12-17/h2-14H,1H3. The molecule has 0 radical (unpaired) electrons. The molecule has 0 aliphatic carbocycles. The minimum absolute atomic E-state index is 0.0966. The molecule has 0 amide bonds. The molecule has 0 N–H and O–H groups in total. The molecule has 104 valence electrons. The monoisotopic (exact) mass is 293 g/mol. The van der Waals surface area contributed by atoms with Crippen LogP contribution in [-0.2, 0) is 0 Å². The molecule has 0 saturated heterocycles. The quantitative estimate of drug-likeness (QED) is 0.532. The lowest BCUT2D eigenvalue weighted by atomic mass is 10.3. The third kappa shape index (κ3) is 2.81. The molecule has 0 atom stereocenters. The summed E-state index contributed by atoms with van der Waals surface area (Å²) >= 11 is 0. The van der Waals surface area contributed by atoms with E-state index in [0.29, 0.717) is 0 Å². The van der Waals surface area contributed by atoms with E-state index in [0.717, 1.165) is 5.69 Å². The van der Waals surface area contributed by atoms with Crippen molar-refractivity contribution in [3.05, 3.63) is 84.7 Å². The molecule has 1 aromatic heterocycles. The molecule has 0 aliphatic rings. The van der Waals surface area contributed by atoms with Crippen LogP contribution in [0, 0.1) is 0 Å². The van der Waals surface area contributed by atoms with E-state index in [4.69, 9.17) is 0 Å². The molecule has 1 heterocycles. The Balaban J connectivity index is 2.18. The Morgan fingerprint density at radius 2 is 1.33 bits per heavy atom. The Morgan fingerprint density at radius 3 is 1.81 bits per heavy atom. The van der Waals surface area contributed by atoms with Gasteiger partial charge in [-0.1, -0.05) is 60.7 Å². The maximum absolute atomic E-state index is 11.9. The van der Waals surface area contributed by atoms with Crippen LogP contribution in [0.3, 0.4) is 0 Å². The molecule has 2 nitrogen and oxygen atoms in total. The van der Waals surface area contributed by atoms with Crippen LogP contribution in [0.2, 0.25) is 0 Å². The third-order valence-corrected chi connectivity index (χ3v) is 5.66. The lowest BCUT2D eigenvalue weighted by Crippen LogP contribution is -2.18. The molecule has 0 fully saturated rings.